The number of benzene rings is 2. The number of carbonyl (C=O) groups excluding carboxylic acids is 2. The average molecular weight is 407 g/mol. The van der Waals surface area contributed by atoms with Crippen molar-refractivity contribution in [3.8, 4) is 10.6 Å². The molecule has 2 amide bonds. The van der Waals surface area contributed by atoms with E-state index in [1.807, 2.05) is 61.5 Å². The molecule has 1 aliphatic carbocycles. The van der Waals surface area contributed by atoms with Gasteiger partial charge < -0.3 is 5.32 Å². The molecule has 1 aromatic heterocycles. The summed E-state index contributed by atoms with van der Waals surface area (Å²) in [4.78, 5) is 24.9. The molecule has 2 aromatic carbocycles. The molecule has 3 atom stereocenters. The fraction of sp³-hybridized carbons (Fsp3) is 0.273. The maximum atomic E-state index is 12.5. The maximum absolute atomic E-state index is 12.5. The third-order valence-electron chi connectivity index (χ3n) is 5.03. The summed E-state index contributed by atoms with van der Waals surface area (Å²) in [5.41, 5.74) is 3.26. The number of carbonyl (C=O) groups is 2. The van der Waals surface area contributed by atoms with E-state index in [0.29, 0.717) is 5.13 Å². The summed E-state index contributed by atoms with van der Waals surface area (Å²) in [6, 6.07) is 17.3. The molecule has 29 heavy (non-hydrogen) atoms. The van der Waals surface area contributed by atoms with Gasteiger partial charge in [-0.2, -0.15) is 0 Å². The number of rotatable bonds is 6. The number of amides is 2. The molecule has 0 spiro atoms. The minimum absolute atomic E-state index is 0.0675. The molecule has 148 valence electrons. The van der Waals surface area contributed by atoms with Crippen LogP contribution in [-0.4, -0.2) is 28.1 Å². The number of nitrogens with zero attached hydrogens (tertiary/aromatic N) is 2. The van der Waals surface area contributed by atoms with Crippen molar-refractivity contribution in [1.29, 1.82) is 0 Å². The van der Waals surface area contributed by atoms with Crippen LogP contribution in [0.2, 0.25) is 0 Å². The summed E-state index contributed by atoms with van der Waals surface area (Å²) in [5, 5.41) is 14.9. The molecule has 2 N–H and O–H groups in total. The van der Waals surface area contributed by atoms with Crippen LogP contribution in [0, 0.1) is 12.8 Å². The van der Waals surface area contributed by atoms with Crippen molar-refractivity contribution in [3.63, 3.8) is 0 Å². The Bertz CT molecular complexity index is 1030. The second kappa shape index (κ2) is 8.13. The van der Waals surface area contributed by atoms with Gasteiger partial charge in [0.1, 0.15) is 11.0 Å². The van der Waals surface area contributed by atoms with Crippen LogP contribution in [0.1, 0.15) is 30.4 Å². The van der Waals surface area contributed by atoms with Gasteiger partial charge in [0.2, 0.25) is 16.9 Å². The zero-order valence-electron chi connectivity index (χ0n) is 16.3. The van der Waals surface area contributed by atoms with Crippen LogP contribution >= 0.6 is 11.3 Å². The third-order valence-corrected chi connectivity index (χ3v) is 5.91. The summed E-state index contributed by atoms with van der Waals surface area (Å²) in [5.74, 6) is -0.213. The van der Waals surface area contributed by atoms with Crippen LogP contribution in [-0.2, 0) is 9.59 Å². The average Bonchev–Trinajstić information content (AvgIpc) is 3.40. The normalized spacial score (nSPS) is 18.7. The minimum Gasteiger partial charge on any atom is -0.344 e. The van der Waals surface area contributed by atoms with Crippen LogP contribution in [0.5, 0.6) is 0 Å². The topological polar surface area (TPSA) is 84.0 Å². The van der Waals surface area contributed by atoms with Crippen molar-refractivity contribution >= 4 is 28.3 Å². The zero-order valence-corrected chi connectivity index (χ0v) is 17.1. The zero-order chi connectivity index (χ0) is 20.4. The summed E-state index contributed by atoms with van der Waals surface area (Å²) in [7, 11) is 0. The first-order chi connectivity index (χ1) is 14.0. The van der Waals surface area contributed by atoms with Crippen molar-refractivity contribution in [3.05, 3.63) is 65.7 Å². The summed E-state index contributed by atoms with van der Waals surface area (Å²) >= 11 is 1.31. The van der Waals surface area contributed by atoms with E-state index in [4.69, 9.17) is 0 Å². The highest BCUT2D eigenvalue weighted by Gasteiger charge is 2.44. The summed E-state index contributed by atoms with van der Waals surface area (Å²) < 4.78 is 0. The van der Waals surface area contributed by atoms with Crippen molar-refractivity contribution in [2.45, 2.75) is 32.2 Å². The molecule has 3 aromatic rings. The van der Waals surface area contributed by atoms with Gasteiger partial charge in [0.05, 0.1) is 0 Å². The number of hydrogen-bond donors (Lipinski definition) is 2. The van der Waals surface area contributed by atoms with Gasteiger partial charge in [0.15, 0.2) is 0 Å². The van der Waals surface area contributed by atoms with Crippen LogP contribution < -0.4 is 10.6 Å². The standard InChI is InChI=1S/C22H22N4O2S/c1-13-7-6-10-16(11-13)21-25-26-22(29-21)24-19(27)14(2)23-20(28)18-12-17(18)15-8-4-3-5-9-15/h3-11,14,17-18H,12H2,1-2H3,(H,23,28)(H,24,26,27)/t14-,17-,18+/m0/s1. The molecule has 7 heteroatoms. The van der Waals surface area contributed by atoms with E-state index in [0.717, 1.165) is 22.6 Å². The third kappa shape index (κ3) is 4.51. The Hall–Kier alpha value is -3.06. The molecular formula is C22H22N4O2S. The first-order valence-corrected chi connectivity index (χ1v) is 10.4. The van der Waals surface area contributed by atoms with Gasteiger partial charge in [-0.1, -0.05) is 65.4 Å². The van der Waals surface area contributed by atoms with E-state index in [1.54, 1.807) is 6.92 Å². The number of nitrogens with one attached hydrogen (secondary N) is 2. The number of hydrogen-bond acceptors (Lipinski definition) is 5. The Balaban J connectivity index is 1.32. The molecule has 1 aliphatic rings. The predicted molar refractivity (Wildman–Crippen MR) is 114 cm³/mol. The van der Waals surface area contributed by atoms with Gasteiger partial charge in [-0.05, 0) is 37.8 Å². The van der Waals surface area contributed by atoms with E-state index < -0.39 is 6.04 Å². The van der Waals surface area contributed by atoms with Crippen molar-refractivity contribution in [1.82, 2.24) is 15.5 Å². The molecule has 6 nitrogen and oxygen atoms in total. The molecule has 0 aliphatic heterocycles. The quantitative estimate of drug-likeness (QED) is 0.653. The number of aromatic nitrogens is 2. The second-order valence-electron chi connectivity index (χ2n) is 7.36. The van der Waals surface area contributed by atoms with Gasteiger partial charge in [-0.3, -0.25) is 14.9 Å². The number of anilines is 1. The predicted octanol–water partition coefficient (Wildman–Crippen LogP) is 3.76. The smallest absolute Gasteiger partial charge is 0.248 e. The molecule has 1 heterocycles. The second-order valence-corrected chi connectivity index (χ2v) is 8.34. The Morgan fingerprint density at radius 2 is 1.90 bits per heavy atom. The Morgan fingerprint density at radius 3 is 2.66 bits per heavy atom. The Kier molecular flexibility index (Phi) is 5.40. The van der Waals surface area contributed by atoms with Gasteiger partial charge in [0.25, 0.3) is 0 Å². The SMILES string of the molecule is Cc1cccc(-c2nnc(NC(=O)[C@H](C)NC(=O)[C@@H]3C[C@H]3c3ccccc3)s2)c1. The van der Waals surface area contributed by atoms with Crippen molar-refractivity contribution in [2.24, 2.45) is 5.92 Å². The lowest BCUT2D eigenvalue weighted by molar-refractivity contribution is -0.127. The molecule has 4 rings (SSSR count). The van der Waals surface area contributed by atoms with Gasteiger partial charge in [-0.15, -0.1) is 10.2 Å². The molecular weight excluding hydrogens is 384 g/mol. The highest BCUT2D eigenvalue weighted by molar-refractivity contribution is 7.18. The van der Waals surface area contributed by atoms with E-state index >= 15 is 0 Å². The molecule has 0 unspecified atom stereocenters. The lowest BCUT2D eigenvalue weighted by atomic mass is 10.1. The van der Waals surface area contributed by atoms with Crippen LogP contribution in [0.15, 0.2) is 54.6 Å². The summed E-state index contributed by atoms with van der Waals surface area (Å²) in [6.45, 7) is 3.69. The fourth-order valence-electron chi connectivity index (χ4n) is 3.32. The van der Waals surface area contributed by atoms with Gasteiger partial charge in [-0.25, -0.2) is 0 Å². The largest absolute Gasteiger partial charge is 0.344 e. The van der Waals surface area contributed by atoms with Crippen molar-refractivity contribution < 1.29 is 9.59 Å². The molecule has 0 bridgehead atoms. The Morgan fingerprint density at radius 1 is 1.10 bits per heavy atom. The lowest BCUT2D eigenvalue weighted by Crippen LogP contribution is -2.42. The number of aryl methyl sites for hydroxylation is 1. The highest BCUT2D eigenvalue weighted by atomic mass is 32.1. The fourth-order valence-corrected chi connectivity index (χ4v) is 4.06. The summed E-state index contributed by atoms with van der Waals surface area (Å²) in [6.07, 6.45) is 0.820. The Labute approximate surface area is 173 Å². The lowest BCUT2D eigenvalue weighted by Gasteiger charge is -2.12. The van der Waals surface area contributed by atoms with Gasteiger partial charge >= 0.3 is 0 Å². The maximum Gasteiger partial charge on any atom is 0.248 e. The van der Waals surface area contributed by atoms with E-state index in [1.165, 1.54) is 16.9 Å². The van der Waals surface area contributed by atoms with E-state index in [-0.39, 0.29) is 23.7 Å². The first kappa shape index (κ1) is 19.3. The molecule has 1 fully saturated rings. The highest BCUT2D eigenvalue weighted by Crippen LogP contribution is 2.47. The van der Waals surface area contributed by atoms with Crippen molar-refractivity contribution in [2.75, 3.05) is 5.32 Å². The minimum atomic E-state index is -0.647. The van der Waals surface area contributed by atoms with E-state index in [9.17, 15) is 9.59 Å². The van der Waals surface area contributed by atoms with Crippen LogP contribution in [0.25, 0.3) is 10.6 Å². The monoisotopic (exact) mass is 406 g/mol. The molecule has 0 saturated heterocycles. The van der Waals surface area contributed by atoms with Gasteiger partial charge in [0, 0.05) is 11.5 Å². The van der Waals surface area contributed by atoms with E-state index in [2.05, 4.69) is 20.8 Å². The van der Waals surface area contributed by atoms with Crippen LogP contribution in [0.3, 0.4) is 0 Å². The first-order valence-electron chi connectivity index (χ1n) is 9.58. The van der Waals surface area contributed by atoms with Crippen LogP contribution in [0.4, 0.5) is 5.13 Å². The molecule has 0 radical (unpaired) electrons. The molecule has 1 saturated carbocycles.